The Hall–Kier alpha value is -3.35. The van der Waals surface area contributed by atoms with Crippen molar-refractivity contribution >= 4 is 5.95 Å². The van der Waals surface area contributed by atoms with Gasteiger partial charge in [-0.3, -0.25) is 14.5 Å². The van der Waals surface area contributed by atoms with Crippen LogP contribution in [0.4, 0.5) is 5.95 Å². The van der Waals surface area contributed by atoms with Crippen LogP contribution < -0.4 is 16.0 Å². The zero-order valence-corrected chi connectivity index (χ0v) is 13.9. The molecule has 7 heteroatoms. The quantitative estimate of drug-likeness (QED) is 0.670. The summed E-state index contributed by atoms with van der Waals surface area (Å²) in [5.74, 6) is 0.847. The van der Waals surface area contributed by atoms with Gasteiger partial charge in [-0.1, -0.05) is 24.8 Å². The highest BCUT2D eigenvalue weighted by atomic mass is 16.5. The van der Waals surface area contributed by atoms with Crippen LogP contribution in [0.2, 0.25) is 0 Å². The lowest BCUT2D eigenvalue weighted by Gasteiger charge is -2.06. The fourth-order valence-corrected chi connectivity index (χ4v) is 2.60. The van der Waals surface area contributed by atoms with Gasteiger partial charge in [-0.05, 0) is 17.7 Å². The Labute approximate surface area is 144 Å². The molecule has 0 aliphatic carbocycles. The maximum atomic E-state index is 11.7. The highest BCUT2D eigenvalue weighted by Gasteiger charge is 2.14. The molecule has 0 saturated carbocycles. The molecule has 3 aromatic rings. The summed E-state index contributed by atoms with van der Waals surface area (Å²) in [4.78, 5) is 18.3. The number of H-pyrrole nitrogens is 1. The van der Waals surface area contributed by atoms with Crippen molar-refractivity contribution in [2.24, 2.45) is 7.05 Å². The Morgan fingerprint density at radius 3 is 3.00 bits per heavy atom. The number of anilines is 1. The average Bonchev–Trinajstić information content (AvgIpc) is 2.93. The molecule has 0 fully saturated rings. The van der Waals surface area contributed by atoms with Crippen LogP contribution in [0.3, 0.4) is 0 Å². The van der Waals surface area contributed by atoms with Crippen molar-refractivity contribution in [2.45, 2.75) is 6.42 Å². The number of rotatable bonds is 6. The van der Waals surface area contributed by atoms with Crippen molar-refractivity contribution in [1.29, 1.82) is 0 Å². The minimum absolute atomic E-state index is 0.0684. The van der Waals surface area contributed by atoms with Gasteiger partial charge in [0.1, 0.15) is 23.7 Å². The van der Waals surface area contributed by atoms with Crippen molar-refractivity contribution < 1.29 is 4.74 Å². The van der Waals surface area contributed by atoms with Gasteiger partial charge in [0.15, 0.2) is 0 Å². The van der Waals surface area contributed by atoms with Crippen LogP contribution in [0.1, 0.15) is 11.1 Å². The van der Waals surface area contributed by atoms with E-state index in [-0.39, 0.29) is 11.5 Å². The SMILES string of the molecule is C=CCOc1cccc(Cc2cn(C)nc2-c2cc(=O)[nH]c(N)n2)c1. The third-order valence-electron chi connectivity index (χ3n) is 3.57. The molecule has 0 saturated heterocycles. The normalized spacial score (nSPS) is 10.6. The molecule has 128 valence electrons. The molecular formula is C18H19N5O2. The standard InChI is InChI=1S/C18H19N5O2/c1-3-7-25-14-6-4-5-12(9-14)8-13-11-23(2)22-17(13)15-10-16(24)21-18(19)20-15/h3-6,9-11H,1,7-8H2,2H3,(H3,19,20,21,24). The molecule has 2 aromatic heterocycles. The molecule has 3 N–H and O–H groups in total. The van der Waals surface area contributed by atoms with Crippen molar-refractivity contribution in [1.82, 2.24) is 19.7 Å². The summed E-state index contributed by atoms with van der Waals surface area (Å²) in [5.41, 5.74) is 8.44. The Morgan fingerprint density at radius 1 is 1.40 bits per heavy atom. The number of hydrogen-bond acceptors (Lipinski definition) is 5. The number of nitrogens with two attached hydrogens (primary N) is 1. The Balaban J connectivity index is 1.94. The number of nitrogens with one attached hydrogen (secondary N) is 1. The van der Waals surface area contributed by atoms with Gasteiger partial charge in [0, 0.05) is 31.3 Å². The van der Waals surface area contributed by atoms with Crippen LogP contribution in [0, 0.1) is 0 Å². The lowest BCUT2D eigenvalue weighted by atomic mass is 10.0. The van der Waals surface area contributed by atoms with Crippen molar-refractivity contribution in [3.05, 3.63) is 70.7 Å². The fraction of sp³-hybridized carbons (Fsp3) is 0.167. The van der Waals surface area contributed by atoms with Gasteiger partial charge in [0.2, 0.25) is 5.95 Å². The van der Waals surface area contributed by atoms with Crippen LogP contribution in [-0.2, 0) is 13.5 Å². The molecule has 25 heavy (non-hydrogen) atoms. The van der Waals surface area contributed by atoms with Crippen LogP contribution in [0.15, 0.2) is 54.0 Å². The number of aromatic amines is 1. The van der Waals surface area contributed by atoms with Crippen LogP contribution >= 0.6 is 0 Å². The van der Waals surface area contributed by atoms with E-state index < -0.39 is 0 Å². The molecule has 1 aromatic carbocycles. The Morgan fingerprint density at radius 2 is 2.24 bits per heavy atom. The molecule has 2 heterocycles. The third-order valence-corrected chi connectivity index (χ3v) is 3.57. The first-order chi connectivity index (χ1) is 12.0. The largest absolute Gasteiger partial charge is 0.490 e. The zero-order chi connectivity index (χ0) is 17.8. The van der Waals surface area contributed by atoms with Crippen LogP contribution in [0.5, 0.6) is 5.75 Å². The maximum absolute atomic E-state index is 11.7. The molecule has 0 radical (unpaired) electrons. The number of benzene rings is 1. The second kappa shape index (κ2) is 7.04. The summed E-state index contributed by atoms with van der Waals surface area (Å²) in [6.45, 7) is 4.10. The van der Waals surface area contributed by atoms with Crippen molar-refractivity contribution in [2.75, 3.05) is 12.3 Å². The van der Waals surface area contributed by atoms with Crippen molar-refractivity contribution in [3.63, 3.8) is 0 Å². The third kappa shape index (κ3) is 3.95. The molecule has 0 amide bonds. The van der Waals surface area contributed by atoms with Crippen molar-refractivity contribution in [3.8, 4) is 17.1 Å². The Kier molecular flexibility index (Phi) is 4.65. The van der Waals surface area contributed by atoms with E-state index in [0.717, 1.165) is 16.9 Å². The number of aromatic nitrogens is 4. The van der Waals surface area contributed by atoms with E-state index in [2.05, 4.69) is 21.6 Å². The number of hydrogen-bond donors (Lipinski definition) is 2. The van der Waals surface area contributed by atoms with Crippen LogP contribution in [0.25, 0.3) is 11.4 Å². The molecule has 0 bridgehead atoms. The molecular weight excluding hydrogens is 318 g/mol. The smallest absolute Gasteiger partial charge is 0.252 e. The monoisotopic (exact) mass is 337 g/mol. The lowest BCUT2D eigenvalue weighted by Crippen LogP contribution is -2.10. The van der Waals surface area contributed by atoms with E-state index in [9.17, 15) is 4.79 Å². The molecule has 0 aliphatic rings. The van der Waals surface area contributed by atoms with Gasteiger partial charge >= 0.3 is 0 Å². The van der Waals surface area contributed by atoms with Gasteiger partial charge in [0.25, 0.3) is 5.56 Å². The summed E-state index contributed by atoms with van der Waals surface area (Å²) in [6.07, 6.45) is 4.24. The first kappa shape index (κ1) is 16.5. The van der Waals surface area contributed by atoms with E-state index in [0.29, 0.717) is 24.4 Å². The summed E-state index contributed by atoms with van der Waals surface area (Å²) < 4.78 is 7.27. The summed E-state index contributed by atoms with van der Waals surface area (Å²) in [6, 6.07) is 9.21. The van der Waals surface area contributed by atoms with E-state index in [1.807, 2.05) is 37.5 Å². The first-order valence-electron chi connectivity index (χ1n) is 7.77. The van der Waals surface area contributed by atoms with Gasteiger partial charge < -0.3 is 10.5 Å². The summed E-state index contributed by atoms with van der Waals surface area (Å²) >= 11 is 0. The van der Waals surface area contributed by atoms with Gasteiger partial charge in [-0.15, -0.1) is 0 Å². The average molecular weight is 337 g/mol. The molecule has 0 aliphatic heterocycles. The predicted octanol–water partition coefficient (Wildman–Crippen LogP) is 1.91. The van der Waals surface area contributed by atoms with Crippen LogP contribution in [-0.4, -0.2) is 26.4 Å². The maximum Gasteiger partial charge on any atom is 0.252 e. The molecule has 0 unspecified atom stereocenters. The molecule has 0 spiro atoms. The number of ether oxygens (including phenoxy) is 1. The molecule has 3 rings (SSSR count). The topological polar surface area (TPSA) is 98.8 Å². The summed E-state index contributed by atoms with van der Waals surface area (Å²) in [5, 5.41) is 4.43. The first-order valence-corrected chi connectivity index (χ1v) is 7.77. The van der Waals surface area contributed by atoms with E-state index in [1.54, 1.807) is 10.8 Å². The van der Waals surface area contributed by atoms with E-state index >= 15 is 0 Å². The molecule has 7 nitrogen and oxygen atoms in total. The second-order valence-corrected chi connectivity index (χ2v) is 5.62. The number of nitrogen functional groups attached to an aromatic ring is 1. The second-order valence-electron chi connectivity index (χ2n) is 5.62. The minimum Gasteiger partial charge on any atom is -0.490 e. The highest BCUT2D eigenvalue weighted by Crippen LogP contribution is 2.23. The van der Waals surface area contributed by atoms with Gasteiger partial charge in [0.05, 0.1) is 0 Å². The number of aryl methyl sites for hydroxylation is 1. The number of nitrogens with zero attached hydrogens (tertiary/aromatic N) is 3. The lowest BCUT2D eigenvalue weighted by molar-refractivity contribution is 0.363. The van der Waals surface area contributed by atoms with Gasteiger partial charge in [-0.2, -0.15) is 5.10 Å². The molecule has 0 atom stereocenters. The fourth-order valence-electron chi connectivity index (χ4n) is 2.60. The predicted molar refractivity (Wildman–Crippen MR) is 96.4 cm³/mol. The van der Waals surface area contributed by atoms with E-state index in [1.165, 1.54) is 6.07 Å². The highest BCUT2D eigenvalue weighted by molar-refractivity contribution is 5.60. The van der Waals surface area contributed by atoms with Gasteiger partial charge in [-0.25, -0.2) is 4.98 Å². The van der Waals surface area contributed by atoms with E-state index in [4.69, 9.17) is 10.5 Å². The minimum atomic E-state index is -0.307. The Bertz CT molecular complexity index is 958. The summed E-state index contributed by atoms with van der Waals surface area (Å²) in [7, 11) is 1.83. The zero-order valence-electron chi connectivity index (χ0n) is 13.9.